The molecule has 0 atom stereocenters. The van der Waals surface area contributed by atoms with Crippen LogP contribution in [0, 0.1) is 0 Å². The summed E-state index contributed by atoms with van der Waals surface area (Å²) in [6.07, 6.45) is 3.34. The monoisotopic (exact) mass is 319 g/mol. The average molecular weight is 320 g/mol. The lowest BCUT2D eigenvalue weighted by atomic mass is 10.1. The minimum Gasteiger partial charge on any atom is -0.395 e. The number of rotatable bonds is 6. The molecule has 1 aromatic carbocycles. The molecule has 2 aromatic rings. The summed E-state index contributed by atoms with van der Waals surface area (Å²) < 4.78 is 1.69. The third-order valence-electron chi connectivity index (χ3n) is 3.04. The summed E-state index contributed by atoms with van der Waals surface area (Å²) in [6.45, 7) is 0.289. The number of amides is 1. The van der Waals surface area contributed by atoms with E-state index in [1.807, 2.05) is 0 Å². The molecule has 5 nitrogen and oxygen atoms in total. The summed E-state index contributed by atoms with van der Waals surface area (Å²) in [5.74, 6) is -0.302. The number of halogens is 1. The van der Waals surface area contributed by atoms with Gasteiger partial charge < -0.3 is 10.4 Å². The lowest BCUT2D eigenvalue weighted by molar-refractivity contribution is -0.683. The van der Waals surface area contributed by atoms with E-state index in [0.717, 1.165) is 0 Å². The Morgan fingerprint density at radius 1 is 1.05 bits per heavy atom. The van der Waals surface area contributed by atoms with E-state index in [0.29, 0.717) is 16.1 Å². The predicted octanol–water partition coefficient (Wildman–Crippen LogP) is 1.23. The maximum Gasteiger partial charge on any atom is 0.251 e. The average Bonchev–Trinajstić information content (AvgIpc) is 2.54. The highest BCUT2D eigenvalue weighted by Crippen LogP contribution is 2.10. The summed E-state index contributed by atoms with van der Waals surface area (Å²) in [4.78, 5) is 23.8. The zero-order chi connectivity index (χ0) is 15.9. The van der Waals surface area contributed by atoms with Crippen molar-refractivity contribution in [3.63, 3.8) is 0 Å². The Morgan fingerprint density at radius 3 is 2.27 bits per heavy atom. The number of hydrogen-bond donors (Lipinski definition) is 2. The Bertz CT molecular complexity index is 654. The van der Waals surface area contributed by atoms with E-state index in [1.165, 1.54) is 0 Å². The van der Waals surface area contributed by atoms with Crippen molar-refractivity contribution in [3.05, 3.63) is 64.9 Å². The van der Waals surface area contributed by atoms with Crippen LogP contribution < -0.4 is 9.88 Å². The fraction of sp³-hybridized carbons (Fsp3) is 0.188. The fourth-order valence-corrected chi connectivity index (χ4v) is 2.00. The largest absolute Gasteiger partial charge is 0.395 e. The number of carbonyl (C=O) groups is 2. The lowest BCUT2D eigenvalue weighted by Gasteiger charge is -2.02. The number of aromatic nitrogens is 1. The Balaban J connectivity index is 2.00. The topological polar surface area (TPSA) is 70.3 Å². The molecule has 6 heteroatoms. The molecule has 2 N–H and O–H groups in total. The minimum absolute atomic E-state index is 0.0425. The molecule has 0 fully saturated rings. The molecular weight excluding hydrogens is 304 g/mol. The number of pyridine rings is 1. The summed E-state index contributed by atoms with van der Waals surface area (Å²) in [5.41, 5.74) is 1.06. The van der Waals surface area contributed by atoms with Gasteiger partial charge in [0.15, 0.2) is 12.4 Å². The molecule has 0 saturated carbocycles. The van der Waals surface area contributed by atoms with Crippen molar-refractivity contribution >= 4 is 23.3 Å². The molecule has 0 spiro atoms. The second-order valence-corrected chi connectivity index (χ2v) is 5.11. The number of aliphatic hydroxyl groups excluding tert-OH is 1. The number of benzene rings is 1. The van der Waals surface area contributed by atoms with Crippen molar-refractivity contribution in [3.8, 4) is 0 Å². The van der Waals surface area contributed by atoms with Crippen molar-refractivity contribution < 1.29 is 19.3 Å². The van der Waals surface area contributed by atoms with Crippen molar-refractivity contribution in [1.29, 1.82) is 0 Å². The van der Waals surface area contributed by atoms with Gasteiger partial charge >= 0.3 is 0 Å². The number of aliphatic hydroxyl groups is 1. The molecule has 0 unspecified atom stereocenters. The lowest BCUT2D eigenvalue weighted by Crippen LogP contribution is -2.37. The summed E-state index contributed by atoms with van der Waals surface area (Å²) in [7, 11) is 0. The number of ketones is 1. The van der Waals surface area contributed by atoms with Gasteiger partial charge in [0.1, 0.15) is 0 Å². The molecule has 0 bridgehead atoms. The minimum atomic E-state index is -0.259. The van der Waals surface area contributed by atoms with E-state index in [4.69, 9.17) is 16.7 Å². The van der Waals surface area contributed by atoms with Crippen LogP contribution in [0.1, 0.15) is 20.7 Å². The number of Topliss-reactive ketones (excluding diaryl/α,β-unsaturated/α-hetero) is 1. The first-order chi connectivity index (χ1) is 10.6. The van der Waals surface area contributed by atoms with Gasteiger partial charge in [-0.05, 0) is 24.3 Å². The van der Waals surface area contributed by atoms with Crippen LogP contribution in [0.25, 0.3) is 0 Å². The molecule has 1 heterocycles. The number of nitrogens with zero attached hydrogens (tertiary/aromatic N) is 1. The maximum atomic E-state index is 12.1. The zero-order valence-corrected chi connectivity index (χ0v) is 12.6. The van der Waals surface area contributed by atoms with E-state index in [2.05, 4.69) is 5.32 Å². The summed E-state index contributed by atoms with van der Waals surface area (Å²) >= 11 is 5.79. The standard InChI is InChI=1S/C16H15ClN2O3/c17-14-3-1-12(2-4-14)15(21)11-19-8-5-13(6-9-19)16(22)18-7-10-20/h1-6,8-9,20H,7,10-11H2/p+1. The molecule has 1 amide bonds. The SMILES string of the molecule is O=C(C[n+]1ccc(C(=O)NCCO)cc1)c1ccc(Cl)cc1. The van der Waals surface area contributed by atoms with Crippen LogP contribution in [-0.2, 0) is 6.54 Å². The van der Waals surface area contributed by atoms with Gasteiger partial charge in [-0.25, -0.2) is 0 Å². The Hall–Kier alpha value is -2.24. The molecule has 0 aliphatic rings. The molecule has 22 heavy (non-hydrogen) atoms. The van der Waals surface area contributed by atoms with Gasteiger partial charge in [-0.15, -0.1) is 0 Å². The van der Waals surface area contributed by atoms with E-state index < -0.39 is 0 Å². The highest BCUT2D eigenvalue weighted by Gasteiger charge is 2.13. The van der Waals surface area contributed by atoms with Crippen LogP contribution >= 0.6 is 11.6 Å². The molecule has 0 aliphatic heterocycles. The summed E-state index contributed by atoms with van der Waals surface area (Å²) in [6, 6.07) is 9.97. The Labute approximate surface area is 133 Å². The molecule has 0 aliphatic carbocycles. The summed E-state index contributed by atoms with van der Waals surface area (Å²) in [5, 5.41) is 11.8. The van der Waals surface area contributed by atoms with E-state index in [1.54, 1.807) is 53.4 Å². The van der Waals surface area contributed by atoms with Crippen molar-refractivity contribution in [2.75, 3.05) is 13.2 Å². The van der Waals surface area contributed by atoms with Gasteiger partial charge in [0.05, 0.1) is 12.2 Å². The highest BCUT2D eigenvalue weighted by atomic mass is 35.5. The first-order valence-electron chi connectivity index (χ1n) is 6.77. The van der Waals surface area contributed by atoms with Crippen LogP contribution in [0.4, 0.5) is 0 Å². The molecule has 114 valence electrons. The maximum absolute atomic E-state index is 12.1. The van der Waals surface area contributed by atoms with Crippen LogP contribution in [0.5, 0.6) is 0 Å². The van der Waals surface area contributed by atoms with Crippen LogP contribution in [0.2, 0.25) is 5.02 Å². The fourth-order valence-electron chi connectivity index (χ4n) is 1.88. The number of hydrogen-bond acceptors (Lipinski definition) is 3. The van der Waals surface area contributed by atoms with Gasteiger partial charge in [-0.1, -0.05) is 11.6 Å². The third kappa shape index (κ3) is 4.38. The van der Waals surface area contributed by atoms with Gasteiger partial charge in [-0.2, -0.15) is 4.57 Å². The smallest absolute Gasteiger partial charge is 0.251 e. The van der Waals surface area contributed by atoms with Crippen molar-refractivity contribution in [1.82, 2.24) is 5.32 Å². The molecular formula is C16H16ClN2O3+. The van der Waals surface area contributed by atoms with Gasteiger partial charge in [0.25, 0.3) is 5.91 Å². The van der Waals surface area contributed by atoms with Crippen molar-refractivity contribution in [2.45, 2.75) is 6.54 Å². The number of carbonyl (C=O) groups excluding carboxylic acids is 2. The molecule has 0 saturated heterocycles. The normalized spacial score (nSPS) is 10.3. The molecule has 0 radical (unpaired) electrons. The van der Waals surface area contributed by atoms with Gasteiger partial charge in [-0.3, -0.25) is 9.59 Å². The quantitative estimate of drug-likeness (QED) is 0.621. The second kappa shape index (κ2) is 7.68. The Morgan fingerprint density at radius 2 is 1.68 bits per heavy atom. The highest BCUT2D eigenvalue weighted by molar-refractivity contribution is 6.30. The first kappa shape index (κ1) is 16.1. The van der Waals surface area contributed by atoms with Gasteiger partial charge in [0, 0.05) is 29.3 Å². The van der Waals surface area contributed by atoms with Crippen molar-refractivity contribution in [2.24, 2.45) is 0 Å². The third-order valence-corrected chi connectivity index (χ3v) is 3.30. The van der Waals surface area contributed by atoms with E-state index in [9.17, 15) is 9.59 Å². The second-order valence-electron chi connectivity index (χ2n) is 4.67. The van der Waals surface area contributed by atoms with Gasteiger partial charge in [0.2, 0.25) is 12.3 Å². The molecule has 2 rings (SSSR count). The van der Waals surface area contributed by atoms with Crippen LogP contribution in [0.3, 0.4) is 0 Å². The Kier molecular flexibility index (Phi) is 5.63. The number of nitrogens with one attached hydrogen (secondary N) is 1. The van der Waals surface area contributed by atoms with Crippen LogP contribution in [-0.4, -0.2) is 29.9 Å². The molecule has 1 aromatic heterocycles. The van der Waals surface area contributed by atoms with E-state index >= 15 is 0 Å². The zero-order valence-electron chi connectivity index (χ0n) is 11.8. The predicted molar refractivity (Wildman–Crippen MR) is 81.8 cm³/mol. The van der Waals surface area contributed by atoms with Crippen LogP contribution in [0.15, 0.2) is 48.8 Å². The van der Waals surface area contributed by atoms with E-state index in [-0.39, 0.29) is 31.4 Å². The first-order valence-corrected chi connectivity index (χ1v) is 7.15.